The van der Waals surface area contributed by atoms with E-state index in [1.54, 1.807) is 38.1 Å². The molecule has 1 heterocycles. The minimum atomic E-state index is -0.656. The number of urea groups is 1. The fourth-order valence-electron chi connectivity index (χ4n) is 2.17. The lowest BCUT2D eigenvalue weighted by Gasteiger charge is -2.17. The predicted molar refractivity (Wildman–Crippen MR) is 74.0 cm³/mol. The summed E-state index contributed by atoms with van der Waals surface area (Å²) in [6, 6.07) is 5.64. The number of rotatable bonds is 3. The summed E-state index contributed by atoms with van der Waals surface area (Å²) >= 11 is 0. The maximum Gasteiger partial charge on any atom is 0.325 e. The molecule has 2 N–H and O–H groups in total. The molecule has 1 aliphatic heterocycles. The smallest absolute Gasteiger partial charge is 0.325 e. The van der Waals surface area contributed by atoms with Crippen molar-refractivity contribution in [2.75, 3.05) is 5.32 Å². The lowest BCUT2D eigenvalue weighted by Crippen LogP contribution is -2.36. The van der Waals surface area contributed by atoms with Crippen LogP contribution in [0.3, 0.4) is 0 Å². The van der Waals surface area contributed by atoms with E-state index in [4.69, 9.17) is 0 Å². The number of carbonyl (C=O) groups excluding carboxylic acids is 3. The summed E-state index contributed by atoms with van der Waals surface area (Å²) in [5.41, 5.74) is 1.35. The minimum absolute atomic E-state index is 0.158. The van der Waals surface area contributed by atoms with Gasteiger partial charge in [-0.05, 0) is 31.5 Å². The van der Waals surface area contributed by atoms with Crippen molar-refractivity contribution in [3.8, 4) is 0 Å². The maximum absolute atomic E-state index is 12.2. The van der Waals surface area contributed by atoms with Crippen LogP contribution in [0.5, 0.6) is 0 Å². The van der Waals surface area contributed by atoms with E-state index in [0.717, 1.165) is 0 Å². The molecule has 1 fully saturated rings. The lowest BCUT2D eigenvalue weighted by atomic mass is 10.1. The Bertz CT molecular complexity index is 551. The van der Waals surface area contributed by atoms with Gasteiger partial charge in [0, 0.05) is 18.7 Å². The molecule has 6 heteroatoms. The highest BCUT2D eigenvalue weighted by Gasteiger charge is 2.40. The lowest BCUT2D eigenvalue weighted by molar-refractivity contribution is -0.128. The van der Waals surface area contributed by atoms with Gasteiger partial charge in [0.2, 0.25) is 5.91 Å². The van der Waals surface area contributed by atoms with Crippen molar-refractivity contribution in [2.24, 2.45) is 0 Å². The second kappa shape index (κ2) is 5.32. The van der Waals surface area contributed by atoms with Gasteiger partial charge in [0.05, 0.1) is 0 Å². The molecule has 1 aromatic carbocycles. The van der Waals surface area contributed by atoms with Gasteiger partial charge in [-0.25, -0.2) is 4.79 Å². The Hall–Kier alpha value is -2.37. The second-order valence-electron chi connectivity index (χ2n) is 4.99. The van der Waals surface area contributed by atoms with Crippen LogP contribution in [0.4, 0.5) is 10.5 Å². The molecule has 106 valence electrons. The number of nitrogens with zero attached hydrogens (tertiary/aromatic N) is 1. The molecule has 4 amide bonds. The van der Waals surface area contributed by atoms with Crippen molar-refractivity contribution in [3.05, 3.63) is 29.8 Å². The number of carbonyl (C=O) groups is 3. The van der Waals surface area contributed by atoms with E-state index < -0.39 is 6.04 Å². The van der Waals surface area contributed by atoms with Crippen LogP contribution in [0.15, 0.2) is 24.3 Å². The molecule has 6 nitrogen and oxygen atoms in total. The predicted octanol–water partition coefficient (Wildman–Crippen LogP) is 1.65. The van der Waals surface area contributed by atoms with E-state index in [9.17, 15) is 14.4 Å². The third kappa shape index (κ3) is 2.64. The first-order chi connectivity index (χ1) is 9.40. The zero-order chi connectivity index (χ0) is 14.9. The van der Waals surface area contributed by atoms with Gasteiger partial charge in [-0.3, -0.25) is 14.5 Å². The standard InChI is InChI=1S/C14H17N3O3/c1-8(2)17-13(19)12(16-14(17)20)10-4-6-11(7-5-10)15-9(3)18/h4-8,12H,1-3H3,(H,15,18)(H,16,20). The number of anilines is 1. The van der Waals surface area contributed by atoms with Crippen molar-refractivity contribution in [2.45, 2.75) is 32.9 Å². The monoisotopic (exact) mass is 275 g/mol. The van der Waals surface area contributed by atoms with Gasteiger partial charge in [-0.1, -0.05) is 12.1 Å². The van der Waals surface area contributed by atoms with Gasteiger partial charge in [0.1, 0.15) is 6.04 Å². The van der Waals surface area contributed by atoms with Crippen molar-refractivity contribution in [1.29, 1.82) is 0 Å². The Labute approximate surface area is 117 Å². The molecule has 0 aliphatic carbocycles. The number of imide groups is 1. The van der Waals surface area contributed by atoms with Gasteiger partial charge in [-0.15, -0.1) is 0 Å². The highest BCUT2D eigenvalue weighted by atomic mass is 16.2. The second-order valence-corrected chi connectivity index (χ2v) is 4.99. The summed E-state index contributed by atoms with van der Waals surface area (Å²) in [4.78, 5) is 36.1. The van der Waals surface area contributed by atoms with Crippen LogP contribution in [0.25, 0.3) is 0 Å². The van der Waals surface area contributed by atoms with Gasteiger partial charge >= 0.3 is 6.03 Å². The molecule has 0 radical (unpaired) electrons. The SMILES string of the molecule is CC(=O)Nc1ccc(C2NC(=O)N(C(C)C)C2=O)cc1. The molecule has 1 aliphatic rings. The third-order valence-electron chi connectivity index (χ3n) is 3.05. The van der Waals surface area contributed by atoms with E-state index in [2.05, 4.69) is 10.6 Å². The third-order valence-corrected chi connectivity index (χ3v) is 3.05. The average molecular weight is 275 g/mol. The topological polar surface area (TPSA) is 78.5 Å². The summed E-state index contributed by atoms with van der Waals surface area (Å²) in [7, 11) is 0. The molecule has 0 bridgehead atoms. The van der Waals surface area contributed by atoms with Crippen molar-refractivity contribution < 1.29 is 14.4 Å². The van der Waals surface area contributed by atoms with Crippen LogP contribution in [0.1, 0.15) is 32.4 Å². The van der Waals surface area contributed by atoms with Gasteiger partial charge in [-0.2, -0.15) is 0 Å². The molecule has 2 rings (SSSR count). The van der Waals surface area contributed by atoms with Gasteiger partial charge in [0.15, 0.2) is 0 Å². The van der Waals surface area contributed by atoms with Gasteiger partial charge in [0.25, 0.3) is 5.91 Å². The van der Waals surface area contributed by atoms with Gasteiger partial charge < -0.3 is 10.6 Å². The van der Waals surface area contributed by atoms with E-state index in [1.807, 2.05) is 0 Å². The van der Waals surface area contributed by atoms with E-state index in [-0.39, 0.29) is 23.9 Å². The Kier molecular flexibility index (Phi) is 3.74. The summed E-state index contributed by atoms with van der Waals surface area (Å²) < 4.78 is 0. The molecule has 1 aromatic rings. The molecular weight excluding hydrogens is 258 g/mol. The Morgan fingerprint density at radius 1 is 1.25 bits per heavy atom. The Balaban J connectivity index is 2.18. The van der Waals surface area contributed by atoms with Crippen LogP contribution < -0.4 is 10.6 Å². The highest BCUT2D eigenvalue weighted by molar-refractivity contribution is 6.05. The Morgan fingerprint density at radius 2 is 1.85 bits per heavy atom. The van der Waals surface area contributed by atoms with Crippen LogP contribution in [0.2, 0.25) is 0 Å². The first-order valence-corrected chi connectivity index (χ1v) is 6.41. The molecule has 0 saturated carbocycles. The number of hydrogen-bond acceptors (Lipinski definition) is 3. The normalized spacial score (nSPS) is 18.4. The van der Waals surface area contributed by atoms with E-state index in [1.165, 1.54) is 11.8 Å². The van der Waals surface area contributed by atoms with Crippen LogP contribution in [-0.2, 0) is 9.59 Å². The van der Waals surface area contributed by atoms with Crippen LogP contribution >= 0.6 is 0 Å². The first-order valence-electron chi connectivity index (χ1n) is 6.41. The van der Waals surface area contributed by atoms with E-state index >= 15 is 0 Å². The fourth-order valence-corrected chi connectivity index (χ4v) is 2.17. The quantitative estimate of drug-likeness (QED) is 0.823. The Morgan fingerprint density at radius 3 is 2.30 bits per heavy atom. The maximum atomic E-state index is 12.2. The highest BCUT2D eigenvalue weighted by Crippen LogP contribution is 2.24. The minimum Gasteiger partial charge on any atom is -0.326 e. The van der Waals surface area contributed by atoms with Crippen molar-refractivity contribution in [1.82, 2.24) is 10.2 Å². The average Bonchev–Trinajstić information content (AvgIpc) is 2.65. The molecule has 1 atom stereocenters. The summed E-state index contributed by atoms with van der Waals surface area (Å²) in [6.07, 6.45) is 0. The summed E-state index contributed by atoms with van der Waals surface area (Å²) in [6.45, 7) is 5.01. The summed E-state index contributed by atoms with van der Waals surface area (Å²) in [5, 5.41) is 5.31. The molecule has 1 unspecified atom stereocenters. The van der Waals surface area contributed by atoms with Crippen LogP contribution in [-0.4, -0.2) is 28.8 Å². The van der Waals surface area contributed by atoms with Crippen molar-refractivity contribution in [3.63, 3.8) is 0 Å². The zero-order valence-corrected chi connectivity index (χ0v) is 11.6. The number of benzene rings is 1. The molecule has 1 saturated heterocycles. The first kappa shape index (κ1) is 14.0. The largest absolute Gasteiger partial charge is 0.326 e. The fraction of sp³-hybridized carbons (Fsp3) is 0.357. The molecular formula is C14H17N3O3. The summed E-state index contributed by atoms with van der Waals surface area (Å²) in [5.74, 6) is -0.411. The van der Waals surface area contributed by atoms with Crippen LogP contribution in [0, 0.1) is 0 Å². The molecule has 0 aromatic heterocycles. The number of nitrogens with one attached hydrogen (secondary N) is 2. The number of hydrogen-bond donors (Lipinski definition) is 2. The zero-order valence-electron chi connectivity index (χ0n) is 11.6. The van der Waals surface area contributed by atoms with E-state index in [0.29, 0.717) is 11.3 Å². The van der Waals surface area contributed by atoms with Crippen molar-refractivity contribution >= 4 is 23.5 Å². The molecule has 20 heavy (non-hydrogen) atoms. The number of amides is 4. The molecule has 0 spiro atoms.